The predicted octanol–water partition coefficient (Wildman–Crippen LogP) is 3.49. The molecule has 1 saturated carbocycles. The molecule has 0 radical (unpaired) electrons. The molecule has 1 fully saturated rings. The van der Waals surface area contributed by atoms with E-state index >= 15 is 0 Å². The summed E-state index contributed by atoms with van der Waals surface area (Å²) in [6, 6.07) is 0. The number of amides is 1. The van der Waals surface area contributed by atoms with Crippen molar-refractivity contribution in [2.75, 3.05) is 13.3 Å². The van der Waals surface area contributed by atoms with E-state index in [-0.39, 0.29) is 22.1 Å². The molecule has 7 nitrogen and oxygen atoms in total. The first kappa shape index (κ1) is 21.9. The van der Waals surface area contributed by atoms with Gasteiger partial charge in [-0.1, -0.05) is 44.1 Å². The van der Waals surface area contributed by atoms with E-state index in [1.807, 2.05) is 11.9 Å². The van der Waals surface area contributed by atoms with Crippen molar-refractivity contribution in [1.29, 1.82) is 0 Å². The molecule has 8 heteroatoms. The van der Waals surface area contributed by atoms with Crippen LogP contribution in [-0.2, 0) is 20.0 Å². The summed E-state index contributed by atoms with van der Waals surface area (Å²) in [5.41, 5.74) is -0.427. The molecule has 1 heterocycles. The lowest BCUT2D eigenvalue weighted by atomic mass is 9.79. The Morgan fingerprint density at radius 1 is 1.00 bits per heavy atom. The van der Waals surface area contributed by atoms with Gasteiger partial charge in [0.05, 0.1) is 0 Å². The topological polar surface area (TPSA) is 93.4 Å². The van der Waals surface area contributed by atoms with Gasteiger partial charge in [-0.05, 0) is 32.6 Å². The van der Waals surface area contributed by atoms with Crippen LogP contribution in [0.4, 0.5) is 0 Å². The van der Waals surface area contributed by atoms with Crippen LogP contribution in [0.1, 0.15) is 84.4 Å². The van der Waals surface area contributed by atoms with Crippen molar-refractivity contribution in [3.05, 3.63) is 5.89 Å². The average molecular weight is 400 g/mol. The summed E-state index contributed by atoms with van der Waals surface area (Å²) in [6.07, 6.45) is 9.87. The number of carbonyl (C=O) groups excluding carboxylic acids is 1. The van der Waals surface area contributed by atoms with Gasteiger partial charge >= 0.3 is 5.22 Å². The van der Waals surface area contributed by atoms with Crippen molar-refractivity contribution in [3.63, 3.8) is 0 Å². The monoisotopic (exact) mass is 399 g/mol. The molecule has 1 aliphatic carbocycles. The fourth-order valence-electron chi connectivity index (χ4n) is 4.00. The lowest BCUT2D eigenvalue weighted by Crippen LogP contribution is -2.46. The van der Waals surface area contributed by atoms with Gasteiger partial charge in [-0.3, -0.25) is 4.79 Å². The molecule has 1 aromatic rings. The molecule has 0 aliphatic heterocycles. The molecule has 0 saturated heterocycles. The predicted molar refractivity (Wildman–Crippen MR) is 103 cm³/mol. The van der Waals surface area contributed by atoms with E-state index in [1.54, 1.807) is 6.92 Å². The highest BCUT2D eigenvalue weighted by molar-refractivity contribution is 7.90. The van der Waals surface area contributed by atoms with Gasteiger partial charge in [0.25, 0.3) is 0 Å². The summed E-state index contributed by atoms with van der Waals surface area (Å²) in [4.78, 5) is 13.8. The van der Waals surface area contributed by atoms with Gasteiger partial charge in [-0.2, -0.15) is 0 Å². The van der Waals surface area contributed by atoms with E-state index in [0.717, 1.165) is 64.0 Å². The third kappa shape index (κ3) is 5.30. The van der Waals surface area contributed by atoms with Crippen molar-refractivity contribution >= 4 is 15.7 Å². The zero-order valence-corrected chi connectivity index (χ0v) is 18.1. The van der Waals surface area contributed by atoms with Gasteiger partial charge in [0, 0.05) is 31.2 Å². The Morgan fingerprint density at radius 2 is 1.52 bits per heavy atom. The first-order chi connectivity index (χ1) is 12.5. The second kappa shape index (κ2) is 8.29. The second-order valence-electron chi connectivity index (χ2n) is 8.55. The van der Waals surface area contributed by atoms with Crippen molar-refractivity contribution in [1.82, 2.24) is 15.1 Å². The lowest BCUT2D eigenvalue weighted by molar-refractivity contribution is -0.133. The molecule has 27 heavy (non-hydrogen) atoms. The fraction of sp³-hybridized carbons (Fsp3) is 0.842. The summed E-state index contributed by atoms with van der Waals surface area (Å²) in [5.74, 6) is 0.530. The highest BCUT2D eigenvalue weighted by atomic mass is 32.2. The van der Waals surface area contributed by atoms with Gasteiger partial charge in [0.2, 0.25) is 21.6 Å². The van der Waals surface area contributed by atoms with Gasteiger partial charge in [-0.15, -0.1) is 5.10 Å². The van der Waals surface area contributed by atoms with Crippen LogP contribution in [0.15, 0.2) is 9.64 Å². The molecule has 2 atom stereocenters. The third-order valence-corrected chi connectivity index (χ3v) is 6.96. The molecular weight excluding hydrogens is 366 g/mol. The Hall–Kier alpha value is -1.44. The maximum atomic E-state index is 11.9. The lowest BCUT2D eigenvalue weighted by Gasteiger charge is -2.39. The van der Waals surface area contributed by atoms with Crippen LogP contribution in [0, 0.1) is 0 Å². The Bertz CT molecular complexity index is 761. The molecule has 1 aliphatic rings. The Kier molecular flexibility index (Phi) is 6.71. The molecule has 0 spiro atoms. The Labute approximate surface area is 162 Å². The van der Waals surface area contributed by atoms with Crippen LogP contribution < -0.4 is 0 Å². The quantitative estimate of drug-likeness (QED) is 0.772. The highest BCUT2D eigenvalue weighted by Gasteiger charge is 2.35. The maximum absolute atomic E-state index is 11.9. The molecular formula is C19H33N3O4S. The molecule has 0 N–H and O–H groups in total. The Morgan fingerprint density at radius 3 is 2.04 bits per heavy atom. The normalized spacial score (nSPS) is 28.3. The van der Waals surface area contributed by atoms with E-state index in [4.69, 9.17) is 4.42 Å². The minimum Gasteiger partial charge on any atom is -0.412 e. The third-order valence-electron chi connectivity index (χ3n) is 6.16. The van der Waals surface area contributed by atoms with Crippen LogP contribution in [0.25, 0.3) is 0 Å². The minimum atomic E-state index is -3.49. The number of hydrogen-bond acceptors (Lipinski definition) is 6. The van der Waals surface area contributed by atoms with E-state index < -0.39 is 9.84 Å². The number of hydrogen-bond donors (Lipinski definition) is 0. The minimum absolute atomic E-state index is 0.108. The zero-order valence-electron chi connectivity index (χ0n) is 17.2. The van der Waals surface area contributed by atoms with Crippen molar-refractivity contribution in [2.45, 2.75) is 94.7 Å². The van der Waals surface area contributed by atoms with Gasteiger partial charge < -0.3 is 9.32 Å². The molecule has 1 aromatic heterocycles. The summed E-state index contributed by atoms with van der Waals surface area (Å²) < 4.78 is 28.9. The smallest absolute Gasteiger partial charge is 0.335 e. The van der Waals surface area contributed by atoms with Crippen LogP contribution in [0.3, 0.4) is 0 Å². The second-order valence-corrected chi connectivity index (χ2v) is 10.4. The van der Waals surface area contributed by atoms with Crippen LogP contribution >= 0.6 is 0 Å². The molecule has 0 aromatic carbocycles. The molecule has 154 valence electrons. The maximum Gasteiger partial charge on any atom is 0.335 e. The molecule has 2 rings (SSSR count). The number of rotatable bonds is 3. The SMILES string of the molecule is CC(=O)N(C)C1(C)CCCCCC(C)(c2nnc(S(C)(=O)=O)o2)CCCC1. The van der Waals surface area contributed by atoms with E-state index in [1.165, 1.54) is 0 Å². The highest BCUT2D eigenvalue weighted by Crippen LogP contribution is 2.37. The summed E-state index contributed by atoms with van der Waals surface area (Å²) in [6.45, 7) is 5.90. The first-order valence-corrected chi connectivity index (χ1v) is 11.7. The van der Waals surface area contributed by atoms with Gasteiger partial charge in [0.15, 0.2) is 0 Å². The molecule has 2 unspecified atom stereocenters. The Balaban J connectivity index is 2.15. The van der Waals surface area contributed by atoms with E-state index in [2.05, 4.69) is 24.0 Å². The van der Waals surface area contributed by atoms with E-state index in [9.17, 15) is 13.2 Å². The number of nitrogens with zero attached hydrogens (tertiary/aromatic N) is 3. The number of carbonyl (C=O) groups is 1. The summed E-state index contributed by atoms with van der Waals surface area (Å²) >= 11 is 0. The van der Waals surface area contributed by atoms with E-state index in [0.29, 0.717) is 5.89 Å². The van der Waals surface area contributed by atoms with Crippen molar-refractivity contribution in [2.24, 2.45) is 0 Å². The first-order valence-electron chi connectivity index (χ1n) is 9.76. The molecule has 1 amide bonds. The number of sulfone groups is 1. The number of aromatic nitrogens is 2. The summed E-state index contributed by atoms with van der Waals surface area (Å²) in [7, 11) is -1.59. The zero-order chi connectivity index (χ0) is 20.3. The van der Waals surface area contributed by atoms with Crippen molar-refractivity contribution < 1.29 is 17.6 Å². The summed E-state index contributed by atoms with van der Waals surface area (Å²) in [5, 5.41) is 7.50. The van der Waals surface area contributed by atoms with Gasteiger partial charge in [0.1, 0.15) is 0 Å². The average Bonchev–Trinajstić information content (AvgIpc) is 3.07. The standard InChI is InChI=1S/C19H33N3O4S/c1-15(23)22(4)19(3)13-8-6-7-11-18(2,12-9-10-14-19)16-20-21-17(26-16)27(5,24)25/h6-14H2,1-5H3. The largest absolute Gasteiger partial charge is 0.412 e. The molecule has 0 bridgehead atoms. The van der Waals surface area contributed by atoms with Crippen molar-refractivity contribution in [3.8, 4) is 0 Å². The van der Waals surface area contributed by atoms with Crippen LogP contribution in [0.5, 0.6) is 0 Å². The van der Waals surface area contributed by atoms with Crippen LogP contribution in [-0.4, -0.2) is 48.3 Å². The fourth-order valence-corrected chi connectivity index (χ4v) is 4.42. The van der Waals surface area contributed by atoms with Gasteiger partial charge in [-0.25, -0.2) is 8.42 Å². The van der Waals surface area contributed by atoms with Crippen LogP contribution in [0.2, 0.25) is 0 Å².